The van der Waals surface area contributed by atoms with Crippen molar-refractivity contribution in [2.75, 3.05) is 5.33 Å². The first-order valence-electron chi connectivity index (χ1n) is 5.03. The van der Waals surface area contributed by atoms with E-state index >= 15 is 0 Å². The molecule has 0 aliphatic carbocycles. The topological polar surface area (TPSA) is 30.7 Å². The molecule has 0 amide bonds. The van der Waals surface area contributed by atoms with Gasteiger partial charge in [0.25, 0.3) is 0 Å². The molecule has 4 heteroatoms. The van der Waals surface area contributed by atoms with Crippen LogP contribution in [-0.4, -0.2) is 20.3 Å². The van der Waals surface area contributed by atoms with E-state index in [1.807, 2.05) is 13.2 Å². The molecule has 3 nitrogen and oxygen atoms in total. The lowest BCUT2D eigenvalue weighted by atomic mass is 9.95. The van der Waals surface area contributed by atoms with Crippen molar-refractivity contribution < 1.29 is 0 Å². The van der Waals surface area contributed by atoms with Crippen LogP contribution in [0.2, 0.25) is 0 Å². The Balaban J connectivity index is 2.48. The monoisotopic (exact) mass is 259 g/mol. The molecule has 0 fully saturated rings. The Hall–Kier alpha value is -0.380. The minimum absolute atomic E-state index is 0.673. The van der Waals surface area contributed by atoms with E-state index in [1.165, 1.54) is 6.42 Å². The third kappa shape index (κ3) is 3.78. The molecule has 1 aromatic heterocycles. The van der Waals surface area contributed by atoms with Crippen LogP contribution in [-0.2, 0) is 13.5 Å². The van der Waals surface area contributed by atoms with Crippen molar-refractivity contribution in [3.05, 3.63) is 11.9 Å². The molecule has 0 spiro atoms. The Labute approximate surface area is 94.0 Å². The van der Waals surface area contributed by atoms with Gasteiger partial charge in [-0.1, -0.05) is 35.0 Å². The average molecular weight is 260 g/mol. The van der Waals surface area contributed by atoms with Gasteiger partial charge >= 0.3 is 0 Å². The highest BCUT2D eigenvalue weighted by molar-refractivity contribution is 9.09. The number of halogens is 1. The third-order valence-corrected chi connectivity index (χ3v) is 3.09. The van der Waals surface area contributed by atoms with Gasteiger partial charge in [-0.2, -0.15) is 0 Å². The van der Waals surface area contributed by atoms with Crippen LogP contribution < -0.4 is 0 Å². The molecule has 1 aromatic rings. The summed E-state index contributed by atoms with van der Waals surface area (Å²) in [5.41, 5.74) is 1.10. The third-order valence-electron chi connectivity index (χ3n) is 2.17. The maximum atomic E-state index is 4.10. The van der Waals surface area contributed by atoms with Gasteiger partial charge in [-0.05, 0) is 24.7 Å². The van der Waals surface area contributed by atoms with E-state index in [0.29, 0.717) is 5.92 Å². The summed E-state index contributed by atoms with van der Waals surface area (Å²) < 4.78 is 1.76. The van der Waals surface area contributed by atoms with Crippen molar-refractivity contribution in [2.24, 2.45) is 18.9 Å². The van der Waals surface area contributed by atoms with Crippen LogP contribution >= 0.6 is 15.9 Å². The van der Waals surface area contributed by atoms with Crippen LogP contribution in [0, 0.1) is 11.8 Å². The molecular formula is C10H18BrN3. The molecule has 0 N–H and O–H groups in total. The minimum Gasteiger partial charge on any atom is -0.255 e. The summed E-state index contributed by atoms with van der Waals surface area (Å²) in [7, 11) is 1.90. The fourth-order valence-electron chi connectivity index (χ4n) is 1.65. The number of hydrogen-bond acceptors (Lipinski definition) is 2. The van der Waals surface area contributed by atoms with Crippen LogP contribution in [0.25, 0.3) is 0 Å². The SMILES string of the molecule is CC(C)CC(CBr)Cc1cn(C)nn1. The van der Waals surface area contributed by atoms with Crippen molar-refractivity contribution in [1.82, 2.24) is 15.0 Å². The number of aryl methyl sites for hydroxylation is 1. The molecule has 0 saturated carbocycles. The largest absolute Gasteiger partial charge is 0.255 e. The minimum atomic E-state index is 0.673. The molecule has 1 unspecified atom stereocenters. The van der Waals surface area contributed by atoms with Crippen molar-refractivity contribution in [3.63, 3.8) is 0 Å². The lowest BCUT2D eigenvalue weighted by molar-refractivity contribution is 0.441. The van der Waals surface area contributed by atoms with Gasteiger partial charge in [0.15, 0.2) is 0 Å². The number of nitrogens with zero attached hydrogens (tertiary/aromatic N) is 3. The van der Waals surface area contributed by atoms with E-state index in [4.69, 9.17) is 0 Å². The van der Waals surface area contributed by atoms with Gasteiger partial charge in [-0.25, -0.2) is 0 Å². The zero-order chi connectivity index (χ0) is 10.6. The first-order chi connectivity index (χ1) is 6.61. The molecular weight excluding hydrogens is 242 g/mol. The number of hydrogen-bond donors (Lipinski definition) is 0. The normalized spacial score (nSPS) is 13.5. The number of rotatable bonds is 5. The van der Waals surface area contributed by atoms with Gasteiger partial charge < -0.3 is 0 Å². The standard InChI is InChI=1S/C10H18BrN3/c1-8(2)4-9(6-11)5-10-7-14(3)13-12-10/h7-9H,4-6H2,1-3H3. The van der Waals surface area contributed by atoms with Gasteiger partial charge in [0.1, 0.15) is 0 Å². The molecule has 0 aromatic carbocycles. The molecule has 0 saturated heterocycles. The first kappa shape index (κ1) is 11.7. The number of alkyl halides is 1. The lowest BCUT2D eigenvalue weighted by Gasteiger charge is -2.14. The first-order valence-corrected chi connectivity index (χ1v) is 6.15. The molecule has 0 aliphatic rings. The maximum absolute atomic E-state index is 4.10. The average Bonchev–Trinajstić information content (AvgIpc) is 2.49. The molecule has 14 heavy (non-hydrogen) atoms. The van der Waals surface area contributed by atoms with E-state index < -0.39 is 0 Å². The van der Waals surface area contributed by atoms with Gasteiger partial charge in [-0.3, -0.25) is 4.68 Å². The lowest BCUT2D eigenvalue weighted by Crippen LogP contribution is -2.09. The summed E-state index contributed by atoms with van der Waals surface area (Å²) in [5, 5.41) is 9.08. The second-order valence-electron chi connectivity index (χ2n) is 4.24. The number of aromatic nitrogens is 3. The fraction of sp³-hybridized carbons (Fsp3) is 0.800. The summed E-state index contributed by atoms with van der Waals surface area (Å²) in [6, 6.07) is 0. The molecule has 1 atom stereocenters. The Morgan fingerprint density at radius 1 is 1.50 bits per heavy atom. The zero-order valence-corrected chi connectivity index (χ0v) is 10.7. The quantitative estimate of drug-likeness (QED) is 0.761. The summed E-state index contributed by atoms with van der Waals surface area (Å²) >= 11 is 3.55. The Morgan fingerprint density at radius 2 is 2.21 bits per heavy atom. The highest BCUT2D eigenvalue weighted by Gasteiger charge is 2.12. The van der Waals surface area contributed by atoms with Gasteiger partial charge in [0.05, 0.1) is 5.69 Å². The summed E-state index contributed by atoms with van der Waals surface area (Å²) in [6.07, 6.45) is 4.26. The predicted molar refractivity (Wildman–Crippen MR) is 61.4 cm³/mol. The molecule has 1 rings (SSSR count). The summed E-state index contributed by atoms with van der Waals surface area (Å²) in [4.78, 5) is 0. The van der Waals surface area contributed by atoms with Crippen LogP contribution in [0.4, 0.5) is 0 Å². The second-order valence-corrected chi connectivity index (χ2v) is 4.89. The van der Waals surface area contributed by atoms with E-state index in [-0.39, 0.29) is 0 Å². The molecule has 0 bridgehead atoms. The predicted octanol–water partition coefficient (Wildman–Crippen LogP) is 2.41. The van der Waals surface area contributed by atoms with Crippen molar-refractivity contribution >= 4 is 15.9 Å². The van der Waals surface area contributed by atoms with Gasteiger partial charge in [-0.15, -0.1) is 5.10 Å². The molecule has 1 heterocycles. The van der Waals surface area contributed by atoms with Crippen LogP contribution in [0.5, 0.6) is 0 Å². The molecule has 0 aliphatic heterocycles. The zero-order valence-electron chi connectivity index (χ0n) is 9.07. The maximum Gasteiger partial charge on any atom is 0.0830 e. The van der Waals surface area contributed by atoms with E-state index in [0.717, 1.165) is 23.4 Å². The van der Waals surface area contributed by atoms with Crippen molar-refractivity contribution in [3.8, 4) is 0 Å². The van der Waals surface area contributed by atoms with E-state index in [9.17, 15) is 0 Å². The van der Waals surface area contributed by atoms with E-state index in [1.54, 1.807) is 4.68 Å². The van der Waals surface area contributed by atoms with Gasteiger partial charge in [0, 0.05) is 18.6 Å². The smallest absolute Gasteiger partial charge is 0.0830 e. The Bertz CT molecular complexity index is 270. The second kappa shape index (κ2) is 5.49. The van der Waals surface area contributed by atoms with Crippen LogP contribution in [0.1, 0.15) is 26.0 Å². The Morgan fingerprint density at radius 3 is 2.64 bits per heavy atom. The highest BCUT2D eigenvalue weighted by Crippen LogP contribution is 2.18. The van der Waals surface area contributed by atoms with E-state index in [2.05, 4.69) is 40.1 Å². The van der Waals surface area contributed by atoms with Crippen LogP contribution in [0.15, 0.2) is 6.20 Å². The summed E-state index contributed by atoms with van der Waals surface area (Å²) in [5.74, 6) is 1.42. The van der Waals surface area contributed by atoms with Gasteiger partial charge in [0.2, 0.25) is 0 Å². The Kier molecular flexibility index (Phi) is 4.58. The van der Waals surface area contributed by atoms with Crippen molar-refractivity contribution in [2.45, 2.75) is 26.7 Å². The summed E-state index contributed by atoms with van der Waals surface area (Å²) in [6.45, 7) is 4.51. The highest BCUT2D eigenvalue weighted by atomic mass is 79.9. The molecule has 0 radical (unpaired) electrons. The fourth-order valence-corrected chi connectivity index (χ4v) is 2.15. The van der Waals surface area contributed by atoms with Crippen molar-refractivity contribution in [1.29, 1.82) is 0 Å². The van der Waals surface area contributed by atoms with Crippen LogP contribution in [0.3, 0.4) is 0 Å². The molecule has 80 valence electrons.